The molecular weight excluding hydrogens is 236 g/mol. The van der Waals surface area contributed by atoms with Gasteiger partial charge >= 0.3 is 0 Å². The molecule has 4 nitrogen and oxygen atoms in total. The zero-order valence-corrected chi connectivity index (χ0v) is 11.0. The van der Waals surface area contributed by atoms with Crippen LogP contribution in [0.15, 0.2) is 48.5 Å². The number of nitrogen functional groups attached to an aromatic ring is 1. The molecular formula is C15H18N4. The zero-order valence-electron chi connectivity index (χ0n) is 11.0. The predicted molar refractivity (Wildman–Crippen MR) is 78.7 cm³/mol. The van der Waals surface area contributed by atoms with E-state index in [-0.39, 0.29) is 5.84 Å². The number of pyridine rings is 1. The van der Waals surface area contributed by atoms with Gasteiger partial charge in [-0.3, -0.25) is 5.41 Å². The van der Waals surface area contributed by atoms with Crippen LogP contribution in [-0.2, 0) is 6.42 Å². The molecule has 2 rings (SSSR count). The summed E-state index contributed by atoms with van der Waals surface area (Å²) in [6.07, 6.45) is 0.962. The van der Waals surface area contributed by atoms with E-state index in [1.165, 1.54) is 5.56 Å². The third-order valence-electron chi connectivity index (χ3n) is 2.98. The van der Waals surface area contributed by atoms with Crippen molar-refractivity contribution in [2.45, 2.75) is 6.42 Å². The fourth-order valence-electron chi connectivity index (χ4n) is 1.84. The van der Waals surface area contributed by atoms with Crippen LogP contribution in [0.25, 0.3) is 0 Å². The average molecular weight is 254 g/mol. The summed E-state index contributed by atoms with van der Waals surface area (Å²) in [5.74, 6) is 0.835. The van der Waals surface area contributed by atoms with Gasteiger partial charge in [-0.1, -0.05) is 36.4 Å². The maximum Gasteiger partial charge on any atom is 0.141 e. The van der Waals surface area contributed by atoms with E-state index >= 15 is 0 Å². The van der Waals surface area contributed by atoms with Crippen LogP contribution in [0.2, 0.25) is 0 Å². The Balaban J connectivity index is 2.02. The quantitative estimate of drug-likeness (QED) is 0.634. The Bertz CT molecular complexity index is 551. The average Bonchev–Trinajstić information content (AvgIpc) is 2.46. The number of amidine groups is 1. The minimum absolute atomic E-state index is 0.00157. The van der Waals surface area contributed by atoms with Crippen molar-refractivity contribution in [3.05, 3.63) is 59.8 Å². The number of hydrogen-bond donors (Lipinski definition) is 2. The molecule has 0 atom stereocenters. The first kappa shape index (κ1) is 13.1. The van der Waals surface area contributed by atoms with Gasteiger partial charge in [0.1, 0.15) is 17.3 Å². The van der Waals surface area contributed by atoms with Crippen molar-refractivity contribution in [3.8, 4) is 0 Å². The minimum Gasteiger partial charge on any atom is -0.382 e. The lowest BCUT2D eigenvalue weighted by Gasteiger charge is -2.18. The molecule has 0 aliphatic rings. The summed E-state index contributed by atoms with van der Waals surface area (Å²) in [7, 11) is 2.00. The molecule has 0 saturated carbocycles. The van der Waals surface area contributed by atoms with Crippen LogP contribution in [0.3, 0.4) is 0 Å². The number of aromatic nitrogens is 1. The fourth-order valence-corrected chi connectivity index (χ4v) is 1.84. The molecule has 0 aliphatic heterocycles. The molecule has 0 amide bonds. The SMILES string of the molecule is CN(CCc1ccccc1)c1cccc(C(=N)N)n1. The van der Waals surface area contributed by atoms with Crippen molar-refractivity contribution in [1.29, 1.82) is 5.41 Å². The lowest BCUT2D eigenvalue weighted by atomic mass is 10.1. The molecule has 2 aromatic rings. The molecule has 3 N–H and O–H groups in total. The molecule has 0 saturated heterocycles. The Morgan fingerprint density at radius 1 is 1.16 bits per heavy atom. The molecule has 4 heteroatoms. The summed E-state index contributed by atoms with van der Waals surface area (Å²) < 4.78 is 0. The van der Waals surface area contributed by atoms with Crippen molar-refractivity contribution in [2.75, 3.05) is 18.5 Å². The Morgan fingerprint density at radius 3 is 2.58 bits per heavy atom. The minimum atomic E-state index is -0.00157. The van der Waals surface area contributed by atoms with Crippen LogP contribution in [0.1, 0.15) is 11.3 Å². The molecule has 0 bridgehead atoms. The number of anilines is 1. The summed E-state index contributed by atoms with van der Waals surface area (Å²) >= 11 is 0. The Hall–Kier alpha value is -2.36. The van der Waals surface area contributed by atoms with Gasteiger partial charge in [-0.2, -0.15) is 0 Å². The topological polar surface area (TPSA) is 66.0 Å². The van der Waals surface area contributed by atoms with Crippen molar-refractivity contribution in [2.24, 2.45) is 5.73 Å². The number of rotatable bonds is 5. The number of nitrogens with one attached hydrogen (secondary N) is 1. The van der Waals surface area contributed by atoms with Gasteiger partial charge in [0.15, 0.2) is 0 Å². The van der Waals surface area contributed by atoms with Crippen LogP contribution >= 0.6 is 0 Å². The van der Waals surface area contributed by atoms with Gasteiger partial charge in [-0.25, -0.2) is 4.98 Å². The fraction of sp³-hybridized carbons (Fsp3) is 0.200. The third kappa shape index (κ3) is 3.55. The number of nitrogens with zero attached hydrogens (tertiary/aromatic N) is 2. The van der Waals surface area contributed by atoms with Gasteiger partial charge in [0.2, 0.25) is 0 Å². The van der Waals surface area contributed by atoms with Crippen molar-refractivity contribution < 1.29 is 0 Å². The Kier molecular flexibility index (Phi) is 4.13. The highest BCUT2D eigenvalue weighted by atomic mass is 15.2. The van der Waals surface area contributed by atoms with E-state index in [1.807, 2.05) is 37.4 Å². The smallest absolute Gasteiger partial charge is 0.141 e. The van der Waals surface area contributed by atoms with Crippen molar-refractivity contribution in [3.63, 3.8) is 0 Å². The van der Waals surface area contributed by atoms with E-state index in [1.54, 1.807) is 6.07 Å². The van der Waals surface area contributed by atoms with Gasteiger partial charge in [-0.15, -0.1) is 0 Å². The van der Waals surface area contributed by atoms with E-state index in [0.717, 1.165) is 18.8 Å². The highest BCUT2D eigenvalue weighted by Gasteiger charge is 2.05. The Labute approximate surface area is 113 Å². The molecule has 1 aromatic carbocycles. The van der Waals surface area contributed by atoms with Gasteiger partial charge in [0.05, 0.1) is 0 Å². The Morgan fingerprint density at radius 2 is 1.89 bits per heavy atom. The van der Waals surface area contributed by atoms with Crippen molar-refractivity contribution >= 4 is 11.7 Å². The normalized spacial score (nSPS) is 10.2. The second-order valence-corrected chi connectivity index (χ2v) is 4.45. The molecule has 98 valence electrons. The van der Waals surface area contributed by atoms with Gasteiger partial charge in [0, 0.05) is 13.6 Å². The summed E-state index contributed by atoms with van der Waals surface area (Å²) in [6, 6.07) is 15.9. The third-order valence-corrected chi connectivity index (χ3v) is 2.98. The molecule has 0 unspecified atom stereocenters. The molecule has 0 aliphatic carbocycles. The standard InChI is InChI=1S/C15H18N4/c1-19(11-10-12-6-3-2-4-7-12)14-9-5-8-13(18-14)15(16)17/h2-9H,10-11H2,1H3,(H3,16,17). The summed E-state index contributed by atoms with van der Waals surface area (Å²) in [6.45, 7) is 0.873. The maximum atomic E-state index is 7.41. The van der Waals surface area contributed by atoms with Gasteiger partial charge in [-0.05, 0) is 24.1 Å². The van der Waals surface area contributed by atoms with Crippen LogP contribution < -0.4 is 10.6 Å². The highest BCUT2D eigenvalue weighted by molar-refractivity contribution is 5.93. The van der Waals surface area contributed by atoms with Crippen molar-refractivity contribution in [1.82, 2.24) is 4.98 Å². The number of nitrogens with two attached hydrogens (primary N) is 1. The second kappa shape index (κ2) is 6.00. The molecule has 1 aromatic heterocycles. The first-order valence-corrected chi connectivity index (χ1v) is 6.23. The number of hydrogen-bond acceptors (Lipinski definition) is 3. The zero-order chi connectivity index (χ0) is 13.7. The second-order valence-electron chi connectivity index (χ2n) is 4.45. The first-order chi connectivity index (χ1) is 9.16. The lowest BCUT2D eigenvalue weighted by molar-refractivity contribution is 0.859. The van der Waals surface area contributed by atoms with E-state index < -0.39 is 0 Å². The molecule has 19 heavy (non-hydrogen) atoms. The van der Waals surface area contributed by atoms with Crippen LogP contribution in [0.5, 0.6) is 0 Å². The van der Waals surface area contributed by atoms with Crippen LogP contribution in [0, 0.1) is 5.41 Å². The largest absolute Gasteiger partial charge is 0.382 e. The molecule has 0 radical (unpaired) electrons. The van der Waals surface area contributed by atoms with Crippen LogP contribution in [0.4, 0.5) is 5.82 Å². The first-order valence-electron chi connectivity index (χ1n) is 6.23. The summed E-state index contributed by atoms with van der Waals surface area (Å²) in [5.41, 5.74) is 7.27. The number of likely N-dealkylation sites (N-methyl/N-ethyl adjacent to an activating group) is 1. The van der Waals surface area contributed by atoms with Crippen LogP contribution in [-0.4, -0.2) is 24.4 Å². The summed E-state index contributed by atoms with van der Waals surface area (Å²) in [5, 5.41) is 7.41. The highest BCUT2D eigenvalue weighted by Crippen LogP contribution is 2.10. The van der Waals surface area contributed by atoms with Gasteiger partial charge in [0.25, 0.3) is 0 Å². The van der Waals surface area contributed by atoms with Gasteiger partial charge < -0.3 is 10.6 Å². The monoisotopic (exact) mass is 254 g/mol. The van der Waals surface area contributed by atoms with E-state index in [9.17, 15) is 0 Å². The van der Waals surface area contributed by atoms with E-state index in [2.05, 4.69) is 22.0 Å². The molecule has 0 fully saturated rings. The molecule has 1 heterocycles. The summed E-state index contributed by atoms with van der Waals surface area (Å²) in [4.78, 5) is 6.43. The molecule has 0 spiro atoms. The maximum absolute atomic E-state index is 7.41. The lowest BCUT2D eigenvalue weighted by Crippen LogP contribution is -2.23. The number of benzene rings is 1. The van der Waals surface area contributed by atoms with E-state index in [0.29, 0.717) is 5.69 Å². The predicted octanol–water partition coefficient (Wildman–Crippen LogP) is 2.04. The van der Waals surface area contributed by atoms with E-state index in [4.69, 9.17) is 11.1 Å².